The van der Waals surface area contributed by atoms with Crippen LogP contribution in [0.25, 0.3) is 0 Å². The van der Waals surface area contributed by atoms with E-state index >= 15 is 0 Å². The molecule has 1 amide bonds. The van der Waals surface area contributed by atoms with Gasteiger partial charge >= 0.3 is 0 Å². The molecule has 5 nitrogen and oxygen atoms in total. The molecule has 1 aromatic rings. The Labute approximate surface area is 105 Å². The number of rotatable bonds is 1. The summed E-state index contributed by atoms with van der Waals surface area (Å²) in [6.45, 7) is 1.63. The van der Waals surface area contributed by atoms with Gasteiger partial charge in [-0.1, -0.05) is 0 Å². The number of fused-ring (bicyclic) bond motifs is 1. The summed E-state index contributed by atoms with van der Waals surface area (Å²) in [6.07, 6.45) is 1.96. The molecule has 0 aromatic heterocycles. The SMILES string of the molecule is N[C@@H]1CCCN(C(=O)c2ccc3c(c2)OCO3)C1. The number of piperidine rings is 1. The Morgan fingerprint density at radius 1 is 1.33 bits per heavy atom. The summed E-state index contributed by atoms with van der Waals surface area (Å²) in [7, 11) is 0. The molecule has 2 N–H and O–H groups in total. The van der Waals surface area contributed by atoms with Gasteiger partial charge in [-0.15, -0.1) is 0 Å². The first-order valence-corrected chi connectivity index (χ1v) is 6.18. The lowest BCUT2D eigenvalue weighted by Gasteiger charge is -2.30. The number of benzene rings is 1. The van der Waals surface area contributed by atoms with Crippen molar-refractivity contribution in [2.45, 2.75) is 18.9 Å². The van der Waals surface area contributed by atoms with E-state index in [2.05, 4.69) is 0 Å². The van der Waals surface area contributed by atoms with Gasteiger partial charge in [-0.05, 0) is 31.0 Å². The average Bonchev–Trinajstić information content (AvgIpc) is 2.85. The molecule has 0 saturated carbocycles. The quantitative estimate of drug-likeness (QED) is 0.804. The molecule has 0 radical (unpaired) electrons. The minimum Gasteiger partial charge on any atom is -0.454 e. The lowest BCUT2D eigenvalue weighted by Crippen LogP contribution is -2.45. The maximum atomic E-state index is 12.3. The van der Waals surface area contributed by atoms with Crippen molar-refractivity contribution in [3.8, 4) is 11.5 Å². The standard InChI is InChI=1S/C13H16N2O3/c14-10-2-1-5-15(7-10)13(16)9-3-4-11-12(6-9)18-8-17-11/h3-4,6,10H,1-2,5,7-8,14H2/t10-/m1/s1. The largest absolute Gasteiger partial charge is 0.454 e. The third-order valence-electron chi connectivity index (χ3n) is 3.36. The highest BCUT2D eigenvalue weighted by molar-refractivity contribution is 5.95. The van der Waals surface area contributed by atoms with Gasteiger partial charge in [0.15, 0.2) is 11.5 Å². The normalized spacial score (nSPS) is 22.1. The molecule has 0 unspecified atom stereocenters. The van der Waals surface area contributed by atoms with Gasteiger partial charge in [0.2, 0.25) is 6.79 Å². The van der Waals surface area contributed by atoms with E-state index < -0.39 is 0 Å². The minimum atomic E-state index is 0.0171. The van der Waals surface area contributed by atoms with Crippen molar-refractivity contribution in [1.29, 1.82) is 0 Å². The fourth-order valence-corrected chi connectivity index (χ4v) is 2.41. The number of nitrogens with zero attached hydrogens (tertiary/aromatic N) is 1. The number of amides is 1. The zero-order valence-corrected chi connectivity index (χ0v) is 10.1. The summed E-state index contributed by atoms with van der Waals surface area (Å²) in [5, 5.41) is 0. The molecule has 5 heteroatoms. The van der Waals surface area contributed by atoms with Crippen molar-refractivity contribution >= 4 is 5.91 Å². The molecular weight excluding hydrogens is 232 g/mol. The maximum absolute atomic E-state index is 12.3. The predicted molar refractivity (Wildman–Crippen MR) is 65.7 cm³/mol. The van der Waals surface area contributed by atoms with E-state index in [0.29, 0.717) is 23.6 Å². The molecule has 1 fully saturated rings. The van der Waals surface area contributed by atoms with Gasteiger partial charge in [-0.3, -0.25) is 4.79 Å². The zero-order chi connectivity index (χ0) is 12.5. The molecule has 96 valence electrons. The summed E-state index contributed by atoms with van der Waals surface area (Å²) in [5.74, 6) is 1.35. The van der Waals surface area contributed by atoms with Crippen LogP contribution in [0.3, 0.4) is 0 Å². The van der Waals surface area contributed by atoms with Crippen LogP contribution >= 0.6 is 0 Å². The van der Waals surface area contributed by atoms with Crippen LogP contribution < -0.4 is 15.2 Å². The molecule has 1 aromatic carbocycles. The van der Waals surface area contributed by atoms with E-state index in [0.717, 1.165) is 19.4 Å². The van der Waals surface area contributed by atoms with Crippen molar-refractivity contribution in [3.63, 3.8) is 0 Å². The summed E-state index contributed by atoms with van der Waals surface area (Å²) < 4.78 is 10.5. The number of carbonyl (C=O) groups excluding carboxylic acids is 1. The number of hydrogen-bond acceptors (Lipinski definition) is 4. The number of likely N-dealkylation sites (tertiary alicyclic amines) is 1. The average molecular weight is 248 g/mol. The Hall–Kier alpha value is -1.75. The van der Waals surface area contributed by atoms with Crippen molar-refractivity contribution < 1.29 is 14.3 Å². The van der Waals surface area contributed by atoms with Crippen LogP contribution in [0.4, 0.5) is 0 Å². The first-order valence-electron chi connectivity index (χ1n) is 6.18. The predicted octanol–water partition coefficient (Wildman–Crippen LogP) is 0.979. The Balaban J connectivity index is 1.79. The number of ether oxygens (including phenoxy) is 2. The molecule has 18 heavy (non-hydrogen) atoms. The van der Waals surface area contributed by atoms with Gasteiger partial charge in [0.1, 0.15) is 0 Å². The Morgan fingerprint density at radius 3 is 3.00 bits per heavy atom. The van der Waals surface area contributed by atoms with E-state index in [4.69, 9.17) is 15.2 Å². The lowest BCUT2D eigenvalue weighted by atomic mass is 10.1. The topological polar surface area (TPSA) is 64.8 Å². The second kappa shape index (κ2) is 4.49. The Bertz CT molecular complexity index is 475. The van der Waals surface area contributed by atoms with Crippen molar-refractivity contribution in [3.05, 3.63) is 23.8 Å². The fourth-order valence-electron chi connectivity index (χ4n) is 2.41. The molecular formula is C13H16N2O3. The lowest BCUT2D eigenvalue weighted by molar-refractivity contribution is 0.0708. The molecule has 0 aliphatic carbocycles. The van der Waals surface area contributed by atoms with E-state index in [1.165, 1.54) is 0 Å². The third kappa shape index (κ3) is 2.01. The van der Waals surface area contributed by atoms with Crippen LogP contribution in [0.2, 0.25) is 0 Å². The van der Waals surface area contributed by atoms with E-state index in [9.17, 15) is 4.79 Å². The highest BCUT2D eigenvalue weighted by Crippen LogP contribution is 2.32. The highest BCUT2D eigenvalue weighted by atomic mass is 16.7. The summed E-state index contributed by atoms with van der Waals surface area (Å²) in [6, 6.07) is 5.39. The number of hydrogen-bond donors (Lipinski definition) is 1. The van der Waals surface area contributed by atoms with Crippen molar-refractivity contribution in [2.75, 3.05) is 19.9 Å². The van der Waals surface area contributed by atoms with E-state index in [1.807, 2.05) is 4.90 Å². The second-order valence-corrected chi connectivity index (χ2v) is 4.72. The van der Waals surface area contributed by atoms with Crippen LogP contribution in [0.15, 0.2) is 18.2 Å². The molecule has 0 spiro atoms. The van der Waals surface area contributed by atoms with Crippen LogP contribution in [-0.2, 0) is 0 Å². The summed E-state index contributed by atoms with van der Waals surface area (Å²) in [4.78, 5) is 14.1. The highest BCUT2D eigenvalue weighted by Gasteiger charge is 2.24. The molecule has 1 atom stereocenters. The summed E-state index contributed by atoms with van der Waals surface area (Å²) in [5.41, 5.74) is 6.53. The number of nitrogens with two attached hydrogens (primary N) is 1. The Kier molecular flexibility index (Phi) is 2.83. The maximum Gasteiger partial charge on any atom is 0.254 e. The first-order chi connectivity index (χ1) is 8.74. The summed E-state index contributed by atoms with van der Waals surface area (Å²) >= 11 is 0. The van der Waals surface area contributed by atoms with Crippen LogP contribution in [-0.4, -0.2) is 36.7 Å². The van der Waals surface area contributed by atoms with Gasteiger partial charge in [0, 0.05) is 24.7 Å². The first kappa shape index (κ1) is 11.3. The number of carbonyl (C=O) groups is 1. The van der Waals surface area contributed by atoms with Gasteiger partial charge < -0.3 is 20.1 Å². The minimum absolute atomic E-state index is 0.0171. The monoisotopic (exact) mass is 248 g/mol. The molecule has 2 aliphatic heterocycles. The van der Waals surface area contributed by atoms with E-state index in [1.54, 1.807) is 18.2 Å². The smallest absolute Gasteiger partial charge is 0.254 e. The second-order valence-electron chi connectivity index (χ2n) is 4.72. The molecule has 1 saturated heterocycles. The van der Waals surface area contributed by atoms with Gasteiger partial charge in [-0.25, -0.2) is 0 Å². The third-order valence-corrected chi connectivity index (χ3v) is 3.36. The van der Waals surface area contributed by atoms with Crippen LogP contribution in [0, 0.1) is 0 Å². The van der Waals surface area contributed by atoms with Crippen molar-refractivity contribution in [1.82, 2.24) is 4.90 Å². The van der Waals surface area contributed by atoms with Crippen LogP contribution in [0.1, 0.15) is 23.2 Å². The molecule has 2 heterocycles. The molecule has 0 bridgehead atoms. The zero-order valence-electron chi connectivity index (χ0n) is 10.1. The van der Waals surface area contributed by atoms with Gasteiger partial charge in [0.25, 0.3) is 5.91 Å². The van der Waals surface area contributed by atoms with Gasteiger partial charge in [0.05, 0.1) is 0 Å². The van der Waals surface area contributed by atoms with Crippen molar-refractivity contribution in [2.24, 2.45) is 5.73 Å². The fraction of sp³-hybridized carbons (Fsp3) is 0.462. The molecule has 2 aliphatic rings. The van der Waals surface area contributed by atoms with Gasteiger partial charge in [-0.2, -0.15) is 0 Å². The van der Waals surface area contributed by atoms with E-state index in [-0.39, 0.29) is 18.7 Å². The van der Waals surface area contributed by atoms with Crippen LogP contribution in [0.5, 0.6) is 11.5 Å². The Morgan fingerprint density at radius 2 is 2.17 bits per heavy atom. The molecule has 3 rings (SSSR count).